The highest BCUT2D eigenvalue weighted by Gasteiger charge is 2.41. The lowest BCUT2D eigenvalue weighted by molar-refractivity contribution is -0.115. The minimum Gasteiger partial charge on any atom is -0.294 e. The molecule has 0 spiro atoms. The largest absolute Gasteiger partial charge is 0.294 e. The van der Waals surface area contributed by atoms with Gasteiger partial charge in [-0.15, -0.1) is 0 Å². The molecule has 0 heterocycles. The summed E-state index contributed by atoms with van der Waals surface area (Å²) in [6.45, 7) is 0. The Balaban J connectivity index is 1.72. The van der Waals surface area contributed by atoms with Crippen LogP contribution >= 0.6 is 0 Å². The van der Waals surface area contributed by atoms with Gasteiger partial charge >= 0.3 is 0 Å². The summed E-state index contributed by atoms with van der Waals surface area (Å²) in [6, 6.07) is 16.2. The van der Waals surface area contributed by atoms with Gasteiger partial charge in [-0.05, 0) is 11.6 Å². The Morgan fingerprint density at radius 3 is 1.96 bits per heavy atom. The number of hydrogen-bond donors (Lipinski definition) is 0. The van der Waals surface area contributed by atoms with Gasteiger partial charge in [-0.3, -0.25) is 14.4 Å². The third kappa shape index (κ3) is 2.94. The average molecular weight is 302 g/mol. The Bertz CT molecular complexity index is 794. The molecule has 112 valence electrons. The molecule has 3 rings (SSSR count). The summed E-state index contributed by atoms with van der Waals surface area (Å²) in [4.78, 5) is 36.6. The van der Waals surface area contributed by atoms with Gasteiger partial charge in [0.25, 0.3) is 0 Å². The summed E-state index contributed by atoms with van der Waals surface area (Å²) in [5, 5.41) is 0. The molecule has 0 amide bonds. The molecule has 0 saturated heterocycles. The van der Waals surface area contributed by atoms with Gasteiger partial charge in [-0.2, -0.15) is 0 Å². The average Bonchev–Trinajstić information content (AvgIpc) is 2.84. The number of fused-ring (bicyclic) bond motifs is 1. The van der Waals surface area contributed by atoms with Gasteiger partial charge in [0.15, 0.2) is 17.3 Å². The highest BCUT2D eigenvalue weighted by Crippen LogP contribution is 2.27. The van der Waals surface area contributed by atoms with Crippen LogP contribution in [-0.4, -0.2) is 17.3 Å². The summed E-state index contributed by atoms with van der Waals surface area (Å²) in [5.41, 5.74) is 1.68. The molecule has 0 aliphatic heterocycles. The van der Waals surface area contributed by atoms with Gasteiger partial charge in [0.05, 0.1) is 0 Å². The number of allylic oxidation sites excluding steroid dienone is 3. The van der Waals surface area contributed by atoms with Crippen LogP contribution in [0.15, 0.2) is 72.8 Å². The molecule has 2 aromatic carbocycles. The number of benzene rings is 2. The molecule has 23 heavy (non-hydrogen) atoms. The summed E-state index contributed by atoms with van der Waals surface area (Å²) >= 11 is 0. The molecule has 0 N–H and O–H groups in total. The standard InChI is InChI=1S/C20H14O3/c21-17(13-7-4-10-14-8-2-1-3-9-14)18-19(22)15-11-5-6-12-16(15)20(18)23/h1-13,18H/b10-4+,13-7+. The lowest BCUT2D eigenvalue weighted by Crippen LogP contribution is -2.23. The van der Waals surface area contributed by atoms with Crippen LogP contribution in [0.1, 0.15) is 26.3 Å². The first-order valence-electron chi connectivity index (χ1n) is 7.29. The normalized spacial score (nSPS) is 14.8. The van der Waals surface area contributed by atoms with Crippen molar-refractivity contribution in [1.29, 1.82) is 0 Å². The minimum absolute atomic E-state index is 0.337. The van der Waals surface area contributed by atoms with Crippen molar-refractivity contribution in [1.82, 2.24) is 0 Å². The summed E-state index contributed by atoms with van der Waals surface area (Å²) in [6.07, 6.45) is 6.39. The predicted molar refractivity (Wildman–Crippen MR) is 88.2 cm³/mol. The van der Waals surface area contributed by atoms with Crippen LogP contribution in [0.25, 0.3) is 6.08 Å². The molecule has 0 bridgehead atoms. The molecule has 0 saturated carbocycles. The minimum atomic E-state index is -1.23. The van der Waals surface area contributed by atoms with E-state index in [0.29, 0.717) is 11.1 Å². The van der Waals surface area contributed by atoms with Crippen molar-refractivity contribution in [3.63, 3.8) is 0 Å². The van der Waals surface area contributed by atoms with E-state index < -0.39 is 23.3 Å². The van der Waals surface area contributed by atoms with Crippen molar-refractivity contribution < 1.29 is 14.4 Å². The second kappa shape index (κ2) is 6.36. The van der Waals surface area contributed by atoms with Crippen molar-refractivity contribution in [3.8, 4) is 0 Å². The smallest absolute Gasteiger partial charge is 0.182 e. The maximum Gasteiger partial charge on any atom is 0.182 e. The first-order valence-corrected chi connectivity index (χ1v) is 7.29. The molecule has 3 nitrogen and oxygen atoms in total. The Hall–Kier alpha value is -3.07. The Kier molecular flexibility index (Phi) is 4.11. The maximum absolute atomic E-state index is 12.2. The molecular formula is C20H14O3. The fourth-order valence-electron chi connectivity index (χ4n) is 2.58. The molecule has 1 aliphatic rings. The lowest BCUT2D eigenvalue weighted by Gasteiger charge is -2.00. The van der Waals surface area contributed by atoms with Crippen molar-refractivity contribution in [2.75, 3.05) is 0 Å². The number of Topliss-reactive ketones (excluding diaryl/α,β-unsaturated/α-hetero) is 2. The van der Waals surface area contributed by atoms with E-state index in [9.17, 15) is 14.4 Å². The lowest BCUT2D eigenvalue weighted by atomic mass is 9.98. The maximum atomic E-state index is 12.2. The fourth-order valence-corrected chi connectivity index (χ4v) is 2.58. The van der Waals surface area contributed by atoms with Crippen LogP contribution in [0.2, 0.25) is 0 Å². The number of carbonyl (C=O) groups excluding carboxylic acids is 3. The Labute approximate surface area is 134 Å². The molecule has 3 heteroatoms. The van der Waals surface area contributed by atoms with E-state index in [2.05, 4.69) is 0 Å². The molecule has 0 aromatic heterocycles. The quantitative estimate of drug-likeness (QED) is 0.493. The SMILES string of the molecule is O=C(/C=C/C=C/c1ccccc1)C1C(=O)c2ccccc2C1=O. The third-order valence-electron chi connectivity index (χ3n) is 3.73. The third-order valence-corrected chi connectivity index (χ3v) is 3.73. The van der Waals surface area contributed by atoms with Gasteiger partial charge in [0.2, 0.25) is 0 Å². The van der Waals surface area contributed by atoms with Gasteiger partial charge < -0.3 is 0 Å². The number of carbonyl (C=O) groups is 3. The van der Waals surface area contributed by atoms with E-state index in [1.807, 2.05) is 36.4 Å². The summed E-state index contributed by atoms with van der Waals surface area (Å²) in [7, 11) is 0. The van der Waals surface area contributed by atoms with E-state index in [4.69, 9.17) is 0 Å². The first-order chi connectivity index (χ1) is 11.2. The van der Waals surface area contributed by atoms with Gasteiger partial charge in [0.1, 0.15) is 5.92 Å². The number of hydrogen-bond acceptors (Lipinski definition) is 3. The van der Waals surface area contributed by atoms with Crippen molar-refractivity contribution in [2.45, 2.75) is 0 Å². The highest BCUT2D eigenvalue weighted by atomic mass is 16.2. The fraction of sp³-hybridized carbons (Fsp3) is 0.0500. The van der Waals surface area contributed by atoms with Crippen LogP contribution in [0, 0.1) is 5.92 Å². The molecule has 0 unspecified atom stereocenters. The summed E-state index contributed by atoms with van der Waals surface area (Å²) < 4.78 is 0. The zero-order valence-corrected chi connectivity index (χ0v) is 12.3. The predicted octanol–water partition coefficient (Wildman–Crippen LogP) is 3.52. The van der Waals surface area contributed by atoms with E-state index in [-0.39, 0.29) is 0 Å². The van der Waals surface area contributed by atoms with Crippen LogP contribution in [0.4, 0.5) is 0 Å². The van der Waals surface area contributed by atoms with Crippen LogP contribution in [0.5, 0.6) is 0 Å². The zero-order chi connectivity index (χ0) is 16.2. The van der Waals surface area contributed by atoms with E-state index in [1.165, 1.54) is 6.08 Å². The molecule has 1 aliphatic carbocycles. The van der Waals surface area contributed by atoms with Gasteiger partial charge in [0, 0.05) is 11.1 Å². The Morgan fingerprint density at radius 2 is 1.35 bits per heavy atom. The number of rotatable bonds is 4. The highest BCUT2D eigenvalue weighted by molar-refractivity contribution is 6.37. The molecule has 0 fully saturated rings. The first kappa shape index (κ1) is 14.9. The molecule has 0 atom stereocenters. The van der Waals surface area contributed by atoms with Crippen molar-refractivity contribution >= 4 is 23.4 Å². The second-order valence-corrected chi connectivity index (χ2v) is 5.24. The van der Waals surface area contributed by atoms with Crippen molar-refractivity contribution in [3.05, 3.63) is 89.5 Å². The van der Waals surface area contributed by atoms with Gasteiger partial charge in [-0.1, -0.05) is 72.8 Å². The molecule has 2 aromatic rings. The van der Waals surface area contributed by atoms with Gasteiger partial charge in [-0.25, -0.2) is 0 Å². The topological polar surface area (TPSA) is 51.2 Å². The molecular weight excluding hydrogens is 288 g/mol. The Morgan fingerprint density at radius 1 is 0.783 bits per heavy atom. The van der Waals surface area contributed by atoms with E-state index in [1.54, 1.807) is 36.4 Å². The number of ketones is 3. The van der Waals surface area contributed by atoms with E-state index in [0.717, 1.165) is 5.56 Å². The summed E-state index contributed by atoms with van der Waals surface area (Å²) in [5.74, 6) is -2.53. The zero-order valence-electron chi connectivity index (χ0n) is 12.3. The second-order valence-electron chi connectivity index (χ2n) is 5.24. The van der Waals surface area contributed by atoms with Crippen LogP contribution in [0.3, 0.4) is 0 Å². The van der Waals surface area contributed by atoms with Crippen LogP contribution in [-0.2, 0) is 4.79 Å². The van der Waals surface area contributed by atoms with Crippen LogP contribution < -0.4 is 0 Å². The van der Waals surface area contributed by atoms with Crippen molar-refractivity contribution in [2.24, 2.45) is 5.92 Å². The monoisotopic (exact) mass is 302 g/mol. The van der Waals surface area contributed by atoms with E-state index >= 15 is 0 Å². The molecule has 0 radical (unpaired) electrons.